The molecule has 0 amide bonds. The number of aryl methyl sites for hydroxylation is 1. The van der Waals surface area contributed by atoms with Gasteiger partial charge >= 0.3 is 0 Å². The molecule has 2 aromatic rings. The van der Waals surface area contributed by atoms with Gasteiger partial charge in [-0.1, -0.05) is 24.3 Å². The summed E-state index contributed by atoms with van der Waals surface area (Å²) in [6.45, 7) is 2.16. The Morgan fingerprint density at radius 3 is 2.59 bits per heavy atom. The molecule has 0 bridgehead atoms. The van der Waals surface area contributed by atoms with Crippen LogP contribution in [0.1, 0.15) is 23.1 Å². The molecule has 2 heterocycles. The van der Waals surface area contributed by atoms with E-state index in [-0.39, 0.29) is 17.0 Å². The van der Waals surface area contributed by atoms with Gasteiger partial charge in [-0.3, -0.25) is 4.90 Å². The number of benzene rings is 2. The Kier molecular flexibility index (Phi) is 5.21. The predicted octanol–water partition coefficient (Wildman–Crippen LogP) is 3.59. The molecule has 2 aliphatic rings. The van der Waals surface area contributed by atoms with Crippen LogP contribution in [0.5, 0.6) is 0 Å². The van der Waals surface area contributed by atoms with Gasteiger partial charge in [0.1, 0.15) is 5.82 Å². The number of hydrogen-bond donors (Lipinski definition) is 0. The third-order valence-corrected chi connectivity index (χ3v) is 7.64. The molecule has 4 nitrogen and oxygen atoms in total. The number of sulfonamides is 1. The normalized spacial score (nSPS) is 22.6. The predicted molar refractivity (Wildman–Crippen MR) is 104 cm³/mol. The maximum Gasteiger partial charge on any atom is 0.263 e. The zero-order valence-corrected chi connectivity index (χ0v) is 16.9. The summed E-state index contributed by atoms with van der Waals surface area (Å²) in [6.07, 6.45) is 0.299. The van der Waals surface area contributed by atoms with Crippen molar-refractivity contribution >= 4 is 10.0 Å². The van der Waals surface area contributed by atoms with Gasteiger partial charge in [0.25, 0.3) is 5.92 Å². The molecule has 4 rings (SSSR count). The summed E-state index contributed by atoms with van der Waals surface area (Å²) in [5.41, 5.74) is 2.56. The number of rotatable bonds is 4. The molecular formula is C21H23F3N2O2S. The fourth-order valence-electron chi connectivity index (χ4n) is 4.23. The van der Waals surface area contributed by atoms with Gasteiger partial charge < -0.3 is 0 Å². The van der Waals surface area contributed by atoms with E-state index in [4.69, 9.17) is 0 Å². The zero-order valence-electron chi connectivity index (χ0n) is 16.1. The molecule has 0 saturated carbocycles. The minimum Gasteiger partial charge on any atom is -0.297 e. The standard InChI is InChI=1S/C21H23F3N2O2S/c1-15-10-19(6-7-20(15)22)29(27,28)26-14-21(23,24)11-18(26)13-25-9-8-16-4-2-3-5-17(16)12-25/h2-7,10,18H,8-9,11-14H2,1H3/t18-/m0/s1. The Morgan fingerprint density at radius 2 is 1.86 bits per heavy atom. The lowest BCUT2D eigenvalue weighted by Crippen LogP contribution is -2.44. The third kappa shape index (κ3) is 4.06. The second-order valence-electron chi connectivity index (χ2n) is 7.93. The molecule has 0 unspecified atom stereocenters. The average molecular weight is 424 g/mol. The molecule has 1 fully saturated rings. The van der Waals surface area contributed by atoms with Crippen LogP contribution in [0.4, 0.5) is 13.2 Å². The van der Waals surface area contributed by atoms with E-state index in [1.54, 1.807) is 0 Å². The molecule has 2 aliphatic heterocycles. The topological polar surface area (TPSA) is 40.6 Å². The summed E-state index contributed by atoms with van der Waals surface area (Å²) in [4.78, 5) is 1.88. The van der Waals surface area contributed by atoms with Crippen LogP contribution in [0.25, 0.3) is 0 Å². The first-order valence-corrected chi connectivity index (χ1v) is 11.0. The number of nitrogens with zero attached hydrogens (tertiary/aromatic N) is 2. The molecule has 8 heteroatoms. The van der Waals surface area contributed by atoms with Gasteiger partial charge in [-0.05, 0) is 48.2 Å². The van der Waals surface area contributed by atoms with Crippen molar-refractivity contribution in [3.8, 4) is 0 Å². The van der Waals surface area contributed by atoms with E-state index in [0.717, 1.165) is 28.4 Å². The first-order valence-electron chi connectivity index (χ1n) is 9.61. The van der Waals surface area contributed by atoms with E-state index in [1.807, 2.05) is 23.1 Å². The second-order valence-corrected chi connectivity index (χ2v) is 9.82. The summed E-state index contributed by atoms with van der Waals surface area (Å²) in [5.74, 6) is -3.61. The number of fused-ring (bicyclic) bond motifs is 1. The fraction of sp³-hybridized carbons (Fsp3) is 0.429. The van der Waals surface area contributed by atoms with Crippen molar-refractivity contribution in [2.24, 2.45) is 0 Å². The van der Waals surface area contributed by atoms with Crippen LogP contribution in [0.15, 0.2) is 47.4 Å². The van der Waals surface area contributed by atoms with E-state index in [1.165, 1.54) is 18.6 Å². The molecule has 156 valence electrons. The van der Waals surface area contributed by atoms with Crippen LogP contribution in [0, 0.1) is 12.7 Å². The summed E-state index contributed by atoms with van der Waals surface area (Å²) >= 11 is 0. The second kappa shape index (κ2) is 7.41. The minimum atomic E-state index is -4.15. The van der Waals surface area contributed by atoms with Crippen molar-refractivity contribution in [1.82, 2.24) is 9.21 Å². The van der Waals surface area contributed by atoms with Gasteiger partial charge in [-0.25, -0.2) is 21.6 Å². The van der Waals surface area contributed by atoms with Crippen LogP contribution in [0.3, 0.4) is 0 Å². The Labute approximate surface area is 169 Å². The van der Waals surface area contributed by atoms with Crippen molar-refractivity contribution in [3.05, 3.63) is 65.0 Å². The molecule has 0 aromatic heterocycles. The quantitative estimate of drug-likeness (QED) is 0.753. The van der Waals surface area contributed by atoms with E-state index >= 15 is 0 Å². The summed E-state index contributed by atoms with van der Waals surface area (Å²) < 4.78 is 69.1. The van der Waals surface area contributed by atoms with Gasteiger partial charge in [0, 0.05) is 32.1 Å². The number of halogens is 3. The average Bonchev–Trinajstić information content (AvgIpc) is 2.98. The van der Waals surface area contributed by atoms with Crippen molar-refractivity contribution < 1.29 is 21.6 Å². The maximum absolute atomic E-state index is 14.2. The number of alkyl halides is 2. The lowest BCUT2D eigenvalue weighted by molar-refractivity contribution is 0.0165. The van der Waals surface area contributed by atoms with E-state index in [2.05, 4.69) is 6.07 Å². The molecular weight excluding hydrogens is 401 g/mol. The molecule has 0 radical (unpaired) electrons. The molecule has 2 aromatic carbocycles. The molecule has 0 spiro atoms. The Balaban J connectivity index is 1.58. The highest BCUT2D eigenvalue weighted by Gasteiger charge is 2.50. The van der Waals surface area contributed by atoms with E-state index in [0.29, 0.717) is 13.1 Å². The van der Waals surface area contributed by atoms with Crippen LogP contribution in [-0.2, 0) is 23.0 Å². The van der Waals surface area contributed by atoms with Crippen molar-refractivity contribution in [2.45, 2.75) is 43.2 Å². The summed E-state index contributed by atoms with van der Waals surface area (Å²) in [6, 6.07) is 10.6. The maximum atomic E-state index is 14.2. The summed E-state index contributed by atoms with van der Waals surface area (Å²) in [5, 5.41) is 0. The monoisotopic (exact) mass is 424 g/mol. The van der Waals surface area contributed by atoms with Crippen LogP contribution in [0.2, 0.25) is 0 Å². The molecule has 29 heavy (non-hydrogen) atoms. The van der Waals surface area contributed by atoms with Gasteiger partial charge in [0.15, 0.2) is 0 Å². The van der Waals surface area contributed by atoms with Gasteiger partial charge in [0.05, 0.1) is 11.4 Å². The molecule has 1 atom stereocenters. The Morgan fingerprint density at radius 1 is 1.14 bits per heavy atom. The van der Waals surface area contributed by atoms with Crippen LogP contribution < -0.4 is 0 Å². The van der Waals surface area contributed by atoms with Crippen LogP contribution >= 0.6 is 0 Å². The highest BCUT2D eigenvalue weighted by atomic mass is 32.2. The Hall–Kier alpha value is -1.90. The lowest BCUT2D eigenvalue weighted by Gasteiger charge is -2.33. The zero-order chi connectivity index (χ0) is 20.8. The lowest BCUT2D eigenvalue weighted by atomic mass is 9.99. The third-order valence-electron chi connectivity index (χ3n) is 5.74. The fourth-order valence-corrected chi connectivity index (χ4v) is 5.96. The molecule has 0 aliphatic carbocycles. The first kappa shape index (κ1) is 20.4. The highest BCUT2D eigenvalue weighted by Crippen LogP contribution is 2.37. The van der Waals surface area contributed by atoms with E-state index in [9.17, 15) is 21.6 Å². The van der Waals surface area contributed by atoms with Gasteiger partial charge in [0.2, 0.25) is 10.0 Å². The highest BCUT2D eigenvalue weighted by molar-refractivity contribution is 7.89. The SMILES string of the molecule is Cc1cc(S(=O)(=O)N2CC(F)(F)C[C@H]2CN2CCc3ccccc3C2)ccc1F. The van der Waals surface area contributed by atoms with Crippen molar-refractivity contribution in [2.75, 3.05) is 19.6 Å². The molecule has 0 N–H and O–H groups in total. The van der Waals surface area contributed by atoms with Crippen LogP contribution in [-0.4, -0.2) is 49.2 Å². The van der Waals surface area contributed by atoms with Gasteiger partial charge in [-0.15, -0.1) is 0 Å². The number of hydrogen-bond acceptors (Lipinski definition) is 3. The van der Waals surface area contributed by atoms with E-state index < -0.39 is 40.8 Å². The van der Waals surface area contributed by atoms with Crippen molar-refractivity contribution in [3.63, 3.8) is 0 Å². The molecule has 1 saturated heterocycles. The minimum absolute atomic E-state index is 0.150. The smallest absolute Gasteiger partial charge is 0.263 e. The largest absolute Gasteiger partial charge is 0.297 e. The Bertz CT molecular complexity index is 1030. The first-order chi connectivity index (χ1) is 13.7. The van der Waals surface area contributed by atoms with Gasteiger partial charge in [-0.2, -0.15) is 4.31 Å². The van der Waals surface area contributed by atoms with Crippen molar-refractivity contribution in [1.29, 1.82) is 0 Å². The summed E-state index contributed by atoms with van der Waals surface area (Å²) in [7, 11) is -4.15.